The molecule has 0 amide bonds. The second-order valence-corrected chi connectivity index (χ2v) is 8.34. The molecule has 0 bridgehead atoms. The molecule has 0 aliphatic heterocycles. The van der Waals surface area contributed by atoms with Crippen LogP contribution in [0.15, 0.2) is 95.1 Å². The number of benzene rings is 3. The Balaban J connectivity index is 1.57. The van der Waals surface area contributed by atoms with Gasteiger partial charge < -0.3 is 0 Å². The van der Waals surface area contributed by atoms with Gasteiger partial charge in [0.05, 0.1) is 5.71 Å². The quantitative estimate of drug-likeness (QED) is 0.379. The molecule has 152 valence electrons. The molecule has 0 N–H and O–H groups in total. The largest absolute Gasteiger partial charge is 0.233 e. The van der Waals surface area contributed by atoms with Gasteiger partial charge >= 0.3 is 0 Å². The molecule has 5 rings (SSSR count). The first kappa shape index (κ1) is 19.4. The molecule has 4 nitrogen and oxygen atoms in total. The van der Waals surface area contributed by atoms with Gasteiger partial charge in [-0.3, -0.25) is 0 Å². The first-order valence-electron chi connectivity index (χ1n) is 10.4. The van der Waals surface area contributed by atoms with Gasteiger partial charge in [0.1, 0.15) is 5.01 Å². The maximum absolute atomic E-state index is 4.79. The zero-order chi connectivity index (χ0) is 20.9. The number of fused-ring (bicyclic) bond motifs is 1. The molecule has 1 heterocycles. The highest BCUT2D eigenvalue weighted by Gasteiger charge is 2.14. The molecule has 0 saturated carbocycles. The minimum Gasteiger partial charge on any atom is -0.211 e. The Bertz CT molecular complexity index is 1300. The van der Waals surface area contributed by atoms with Crippen LogP contribution in [-0.2, 0) is 6.42 Å². The van der Waals surface area contributed by atoms with Gasteiger partial charge in [-0.15, -0.1) is 5.10 Å². The van der Waals surface area contributed by atoms with Gasteiger partial charge in [0, 0.05) is 17.3 Å². The van der Waals surface area contributed by atoms with E-state index in [9.17, 15) is 0 Å². The second kappa shape index (κ2) is 9.06. The summed E-state index contributed by atoms with van der Waals surface area (Å²) in [5, 5.41) is 15.0. The summed E-state index contributed by atoms with van der Waals surface area (Å²) < 4.78 is 1.82. The fraction of sp³-hybridized carbons (Fsp3) is 0.115. The molecular formula is C26H22N4S. The van der Waals surface area contributed by atoms with Gasteiger partial charge in [0.2, 0.25) is 4.80 Å². The third kappa shape index (κ3) is 4.47. The minimum absolute atomic E-state index is 0.751. The summed E-state index contributed by atoms with van der Waals surface area (Å²) in [7, 11) is 0. The number of aryl methyl sites for hydroxylation is 1. The van der Waals surface area contributed by atoms with Crippen LogP contribution in [0.3, 0.4) is 0 Å². The fourth-order valence-corrected chi connectivity index (χ4v) is 4.52. The number of hydrogen-bond donors (Lipinski definition) is 0. The lowest BCUT2D eigenvalue weighted by atomic mass is 9.90. The van der Waals surface area contributed by atoms with E-state index in [0.29, 0.717) is 0 Å². The van der Waals surface area contributed by atoms with Gasteiger partial charge in [-0.2, -0.15) is 10.2 Å². The van der Waals surface area contributed by atoms with E-state index in [1.54, 1.807) is 11.3 Å². The summed E-state index contributed by atoms with van der Waals surface area (Å²) in [6.45, 7) is 0. The SMILES string of the molecule is C(=C\n1nc(-c2ccccc2)s/c1=N/N=C1\CCCc2ccccc21)/c1ccccc1. The predicted octanol–water partition coefficient (Wildman–Crippen LogP) is 5.88. The second-order valence-electron chi connectivity index (χ2n) is 7.38. The van der Waals surface area contributed by atoms with E-state index < -0.39 is 0 Å². The van der Waals surface area contributed by atoms with Crippen LogP contribution >= 0.6 is 11.3 Å². The number of rotatable bonds is 4. The van der Waals surface area contributed by atoms with Crippen LogP contribution in [0.25, 0.3) is 22.8 Å². The monoisotopic (exact) mass is 422 g/mol. The van der Waals surface area contributed by atoms with Crippen LogP contribution in [0, 0.1) is 0 Å². The molecule has 4 aromatic rings. The Labute approximate surface area is 185 Å². The van der Waals surface area contributed by atoms with Crippen molar-refractivity contribution in [3.63, 3.8) is 0 Å². The number of nitrogens with zero attached hydrogens (tertiary/aromatic N) is 4. The van der Waals surface area contributed by atoms with E-state index in [2.05, 4.69) is 58.7 Å². The summed E-state index contributed by atoms with van der Waals surface area (Å²) in [4.78, 5) is 0.751. The summed E-state index contributed by atoms with van der Waals surface area (Å²) >= 11 is 1.54. The summed E-state index contributed by atoms with van der Waals surface area (Å²) in [5.41, 5.74) is 5.81. The Kier molecular flexibility index (Phi) is 5.67. The molecule has 31 heavy (non-hydrogen) atoms. The smallest absolute Gasteiger partial charge is 0.211 e. The third-order valence-electron chi connectivity index (χ3n) is 5.26. The molecule has 3 aromatic carbocycles. The molecule has 0 unspecified atom stereocenters. The van der Waals surface area contributed by atoms with Crippen molar-refractivity contribution in [3.8, 4) is 10.6 Å². The van der Waals surface area contributed by atoms with Crippen LogP contribution in [0.1, 0.15) is 29.5 Å². The van der Waals surface area contributed by atoms with Crippen molar-refractivity contribution in [3.05, 3.63) is 106 Å². The van der Waals surface area contributed by atoms with Gasteiger partial charge in [-0.1, -0.05) is 96.3 Å². The van der Waals surface area contributed by atoms with E-state index in [1.807, 2.05) is 53.4 Å². The first-order chi connectivity index (χ1) is 15.4. The topological polar surface area (TPSA) is 42.5 Å². The van der Waals surface area contributed by atoms with Gasteiger partial charge in [-0.25, -0.2) is 4.68 Å². The van der Waals surface area contributed by atoms with Gasteiger partial charge in [-0.05, 0) is 36.5 Å². The van der Waals surface area contributed by atoms with Crippen molar-refractivity contribution < 1.29 is 0 Å². The van der Waals surface area contributed by atoms with Crippen LogP contribution in [0.2, 0.25) is 0 Å². The maximum Gasteiger partial charge on any atom is 0.233 e. The normalized spacial score (nSPS) is 15.5. The molecule has 1 aliphatic rings. The van der Waals surface area contributed by atoms with Crippen molar-refractivity contribution in [2.75, 3.05) is 0 Å². The highest BCUT2D eigenvalue weighted by molar-refractivity contribution is 7.12. The van der Waals surface area contributed by atoms with Crippen LogP contribution in [0.5, 0.6) is 0 Å². The van der Waals surface area contributed by atoms with E-state index in [-0.39, 0.29) is 0 Å². The van der Waals surface area contributed by atoms with Crippen LogP contribution < -0.4 is 4.80 Å². The fourth-order valence-electron chi connectivity index (χ4n) is 3.68. The molecular weight excluding hydrogens is 400 g/mol. The highest BCUT2D eigenvalue weighted by Crippen LogP contribution is 2.22. The van der Waals surface area contributed by atoms with Crippen molar-refractivity contribution in [1.29, 1.82) is 0 Å². The molecule has 0 saturated heterocycles. The average molecular weight is 423 g/mol. The lowest BCUT2D eigenvalue weighted by molar-refractivity contribution is 0.827. The summed E-state index contributed by atoms with van der Waals surface area (Å²) in [6, 6.07) is 28.9. The van der Waals surface area contributed by atoms with E-state index >= 15 is 0 Å². The third-order valence-corrected chi connectivity index (χ3v) is 6.22. The lowest BCUT2D eigenvalue weighted by Crippen LogP contribution is -2.13. The zero-order valence-electron chi connectivity index (χ0n) is 17.1. The van der Waals surface area contributed by atoms with Crippen LogP contribution in [0.4, 0.5) is 0 Å². The highest BCUT2D eigenvalue weighted by atomic mass is 32.1. The standard InChI is InChI=1S/C26H22N4S/c1-3-10-20(11-4-1)18-19-30-26(31-25(29-30)22-13-5-2-6-14-22)28-27-24-17-9-15-21-12-7-8-16-23(21)24/h1-8,10-14,16,18-19H,9,15,17H2/b19-18+,27-24+,28-26+. The van der Waals surface area contributed by atoms with Crippen molar-refractivity contribution in [2.24, 2.45) is 10.2 Å². The van der Waals surface area contributed by atoms with Gasteiger partial charge in [0.15, 0.2) is 0 Å². The number of hydrogen-bond acceptors (Lipinski definition) is 4. The minimum atomic E-state index is 0.751. The Hall–Kier alpha value is -3.57. The zero-order valence-corrected chi connectivity index (χ0v) is 17.9. The maximum atomic E-state index is 4.79. The lowest BCUT2D eigenvalue weighted by Gasteiger charge is -2.16. The predicted molar refractivity (Wildman–Crippen MR) is 129 cm³/mol. The van der Waals surface area contributed by atoms with E-state index in [0.717, 1.165) is 45.9 Å². The summed E-state index contributed by atoms with van der Waals surface area (Å²) in [5.74, 6) is 0. The molecule has 0 radical (unpaired) electrons. The Morgan fingerprint density at radius 1 is 0.806 bits per heavy atom. The Morgan fingerprint density at radius 3 is 2.39 bits per heavy atom. The molecule has 5 heteroatoms. The van der Waals surface area contributed by atoms with Crippen molar-refractivity contribution in [2.45, 2.75) is 19.3 Å². The molecule has 0 fully saturated rings. The Morgan fingerprint density at radius 2 is 1.55 bits per heavy atom. The summed E-state index contributed by atoms with van der Waals surface area (Å²) in [6.07, 6.45) is 7.15. The molecule has 0 spiro atoms. The number of aromatic nitrogens is 2. The van der Waals surface area contributed by atoms with Crippen molar-refractivity contribution in [1.82, 2.24) is 9.78 Å². The van der Waals surface area contributed by atoms with Crippen molar-refractivity contribution >= 4 is 29.3 Å². The average Bonchev–Trinajstić information content (AvgIpc) is 3.26. The molecule has 0 atom stereocenters. The van der Waals surface area contributed by atoms with Gasteiger partial charge in [0.25, 0.3) is 0 Å². The first-order valence-corrected chi connectivity index (χ1v) is 11.3. The molecule has 1 aromatic heterocycles. The van der Waals surface area contributed by atoms with E-state index in [1.165, 1.54) is 11.1 Å². The van der Waals surface area contributed by atoms with E-state index in [4.69, 9.17) is 5.10 Å². The molecule has 1 aliphatic carbocycles. The van der Waals surface area contributed by atoms with Crippen LogP contribution in [-0.4, -0.2) is 15.5 Å².